The molecule has 2 amide bonds. The maximum absolute atomic E-state index is 12.5. The first-order valence-electron chi connectivity index (χ1n) is 9.50. The van der Waals surface area contributed by atoms with Crippen LogP contribution < -0.4 is 5.32 Å². The number of rotatable bonds is 11. The molecule has 0 spiro atoms. The Kier molecular flexibility index (Phi) is 9.76. The van der Waals surface area contributed by atoms with Gasteiger partial charge in [0, 0.05) is 32.5 Å². The lowest BCUT2D eigenvalue weighted by atomic mass is 10.1. The summed E-state index contributed by atoms with van der Waals surface area (Å²) < 4.78 is 28.5. The number of unbranched alkanes of at least 4 members (excludes halogenated alkanes) is 2. The van der Waals surface area contributed by atoms with Gasteiger partial charge in [-0.3, -0.25) is 14.4 Å². The Hall–Kier alpha value is -1.64. The minimum absolute atomic E-state index is 0.0201. The number of hydrogen-bond acceptors (Lipinski definition) is 6. The zero-order chi connectivity index (χ0) is 20.4. The van der Waals surface area contributed by atoms with Crippen molar-refractivity contribution < 1.29 is 27.5 Å². The van der Waals surface area contributed by atoms with Gasteiger partial charge in [0.25, 0.3) is 5.91 Å². The molecule has 1 N–H and O–H groups in total. The highest BCUT2D eigenvalue weighted by atomic mass is 32.2. The van der Waals surface area contributed by atoms with E-state index in [2.05, 4.69) is 5.32 Å². The summed E-state index contributed by atoms with van der Waals surface area (Å²) in [5, 5.41) is 2.69. The summed E-state index contributed by atoms with van der Waals surface area (Å²) in [5.74, 6) is -0.590. The summed E-state index contributed by atoms with van der Waals surface area (Å²) in [6.45, 7) is 6.04. The van der Waals surface area contributed by atoms with E-state index in [4.69, 9.17) is 4.74 Å². The van der Waals surface area contributed by atoms with E-state index in [0.717, 1.165) is 12.8 Å². The molecule has 27 heavy (non-hydrogen) atoms. The first kappa shape index (κ1) is 23.4. The Morgan fingerprint density at radius 1 is 1.19 bits per heavy atom. The standard InChI is InChI=1S/C18H32N2O6S/c1-14(2)11-20(16-8-10-27(24,25)13-16)17(22)12-26-18(23)7-5-4-6-9-19-15(3)21/h14,16H,4-13H2,1-3H3,(H,19,21). The van der Waals surface area contributed by atoms with Crippen molar-refractivity contribution in [1.29, 1.82) is 0 Å². The van der Waals surface area contributed by atoms with Crippen molar-refractivity contribution in [2.45, 2.75) is 58.9 Å². The predicted molar refractivity (Wildman–Crippen MR) is 102 cm³/mol. The van der Waals surface area contributed by atoms with Gasteiger partial charge >= 0.3 is 5.97 Å². The van der Waals surface area contributed by atoms with Gasteiger partial charge in [-0.2, -0.15) is 0 Å². The highest BCUT2D eigenvalue weighted by molar-refractivity contribution is 7.91. The number of hydrogen-bond donors (Lipinski definition) is 1. The summed E-state index contributed by atoms with van der Waals surface area (Å²) in [6, 6.07) is -0.336. The largest absolute Gasteiger partial charge is 0.456 e. The van der Waals surface area contributed by atoms with Gasteiger partial charge in [-0.25, -0.2) is 8.42 Å². The molecule has 1 saturated heterocycles. The lowest BCUT2D eigenvalue weighted by molar-refractivity contribution is -0.153. The molecule has 0 aromatic rings. The van der Waals surface area contributed by atoms with Crippen LogP contribution in [0.5, 0.6) is 0 Å². The predicted octanol–water partition coefficient (Wildman–Crippen LogP) is 0.898. The molecule has 1 atom stereocenters. The van der Waals surface area contributed by atoms with Crippen molar-refractivity contribution in [3.05, 3.63) is 0 Å². The van der Waals surface area contributed by atoms with E-state index in [-0.39, 0.29) is 48.3 Å². The molecule has 1 heterocycles. The van der Waals surface area contributed by atoms with Crippen molar-refractivity contribution >= 4 is 27.6 Å². The summed E-state index contributed by atoms with van der Waals surface area (Å²) in [7, 11) is -3.09. The number of nitrogens with one attached hydrogen (secondary N) is 1. The lowest BCUT2D eigenvalue weighted by Crippen LogP contribution is -2.45. The average molecular weight is 405 g/mol. The molecule has 0 radical (unpaired) electrons. The smallest absolute Gasteiger partial charge is 0.306 e. The SMILES string of the molecule is CC(=O)NCCCCCC(=O)OCC(=O)N(CC(C)C)C1CCS(=O)(=O)C1. The number of sulfone groups is 1. The fourth-order valence-electron chi connectivity index (χ4n) is 3.00. The molecule has 0 aromatic heterocycles. The molecular weight excluding hydrogens is 372 g/mol. The molecule has 0 aliphatic carbocycles. The van der Waals surface area contributed by atoms with Gasteiger partial charge in [0.2, 0.25) is 5.91 Å². The Labute approximate surface area is 161 Å². The molecule has 0 aromatic carbocycles. The third-order valence-corrected chi connectivity index (χ3v) is 6.07. The number of nitrogens with zero attached hydrogens (tertiary/aromatic N) is 1. The number of carbonyl (C=O) groups is 3. The molecule has 8 nitrogen and oxygen atoms in total. The van der Waals surface area contributed by atoms with E-state index in [1.54, 1.807) is 4.90 Å². The van der Waals surface area contributed by atoms with Crippen LogP contribution >= 0.6 is 0 Å². The third kappa shape index (κ3) is 9.74. The van der Waals surface area contributed by atoms with E-state index >= 15 is 0 Å². The Bertz CT molecular complexity index is 617. The van der Waals surface area contributed by atoms with Gasteiger partial charge in [0.05, 0.1) is 11.5 Å². The van der Waals surface area contributed by atoms with Gasteiger partial charge in [-0.05, 0) is 25.2 Å². The van der Waals surface area contributed by atoms with E-state index in [9.17, 15) is 22.8 Å². The van der Waals surface area contributed by atoms with Crippen LogP contribution in [0, 0.1) is 5.92 Å². The maximum atomic E-state index is 12.5. The van der Waals surface area contributed by atoms with Gasteiger partial charge in [-0.15, -0.1) is 0 Å². The lowest BCUT2D eigenvalue weighted by Gasteiger charge is -2.29. The van der Waals surface area contributed by atoms with Crippen LogP contribution in [-0.4, -0.2) is 68.3 Å². The van der Waals surface area contributed by atoms with Crippen molar-refractivity contribution in [2.75, 3.05) is 31.2 Å². The summed E-state index contributed by atoms with van der Waals surface area (Å²) in [5.41, 5.74) is 0. The van der Waals surface area contributed by atoms with Crippen molar-refractivity contribution in [3.63, 3.8) is 0 Å². The van der Waals surface area contributed by atoms with Gasteiger partial charge in [0.1, 0.15) is 0 Å². The maximum Gasteiger partial charge on any atom is 0.306 e. The van der Waals surface area contributed by atoms with Crippen molar-refractivity contribution in [2.24, 2.45) is 5.92 Å². The molecule has 1 aliphatic heterocycles. The Morgan fingerprint density at radius 3 is 2.44 bits per heavy atom. The topological polar surface area (TPSA) is 110 Å². The minimum Gasteiger partial charge on any atom is -0.456 e. The molecule has 1 aliphatic rings. The summed E-state index contributed by atoms with van der Waals surface area (Å²) in [4.78, 5) is 36.6. The van der Waals surface area contributed by atoms with Crippen molar-refractivity contribution in [3.8, 4) is 0 Å². The molecule has 1 fully saturated rings. The van der Waals surface area contributed by atoms with Gasteiger partial charge < -0.3 is 15.0 Å². The second kappa shape index (κ2) is 11.3. The number of amides is 2. The molecule has 156 valence electrons. The first-order chi connectivity index (χ1) is 12.6. The molecular formula is C18H32N2O6S. The summed E-state index contributed by atoms with van der Waals surface area (Å²) >= 11 is 0. The molecule has 1 rings (SSSR count). The summed E-state index contributed by atoms with van der Waals surface area (Å²) in [6.07, 6.45) is 2.84. The first-order valence-corrected chi connectivity index (χ1v) is 11.3. The second-order valence-corrected chi connectivity index (χ2v) is 9.68. The van der Waals surface area contributed by atoms with Crippen LogP contribution in [-0.2, 0) is 29.0 Å². The van der Waals surface area contributed by atoms with Crippen LogP contribution in [0.25, 0.3) is 0 Å². The quantitative estimate of drug-likeness (QED) is 0.405. The average Bonchev–Trinajstić information content (AvgIpc) is 2.92. The Balaban J connectivity index is 2.36. The fraction of sp³-hybridized carbons (Fsp3) is 0.833. The van der Waals surface area contributed by atoms with Gasteiger partial charge in [0.15, 0.2) is 16.4 Å². The molecule has 1 unspecified atom stereocenters. The second-order valence-electron chi connectivity index (χ2n) is 7.45. The number of ether oxygens (including phenoxy) is 1. The van der Waals surface area contributed by atoms with E-state index in [0.29, 0.717) is 25.9 Å². The van der Waals surface area contributed by atoms with Crippen molar-refractivity contribution in [1.82, 2.24) is 10.2 Å². The van der Waals surface area contributed by atoms with Crippen LogP contribution in [0.3, 0.4) is 0 Å². The normalized spacial score (nSPS) is 18.3. The van der Waals surface area contributed by atoms with E-state index < -0.39 is 15.8 Å². The number of esters is 1. The fourth-order valence-corrected chi connectivity index (χ4v) is 4.73. The highest BCUT2D eigenvalue weighted by Gasteiger charge is 2.35. The van der Waals surface area contributed by atoms with Crippen LogP contribution in [0.4, 0.5) is 0 Å². The Morgan fingerprint density at radius 2 is 1.89 bits per heavy atom. The monoisotopic (exact) mass is 404 g/mol. The van der Waals surface area contributed by atoms with Crippen LogP contribution in [0.15, 0.2) is 0 Å². The molecule has 0 bridgehead atoms. The zero-order valence-corrected chi connectivity index (χ0v) is 17.3. The van der Waals surface area contributed by atoms with Gasteiger partial charge in [-0.1, -0.05) is 20.3 Å². The minimum atomic E-state index is -3.09. The molecule has 9 heteroatoms. The van der Waals surface area contributed by atoms with E-state index in [1.807, 2.05) is 13.8 Å². The molecule has 0 saturated carbocycles. The van der Waals surface area contributed by atoms with Crippen LogP contribution in [0.1, 0.15) is 52.9 Å². The highest BCUT2D eigenvalue weighted by Crippen LogP contribution is 2.19. The zero-order valence-electron chi connectivity index (χ0n) is 16.5. The van der Waals surface area contributed by atoms with E-state index in [1.165, 1.54) is 6.92 Å². The van der Waals surface area contributed by atoms with Crippen LogP contribution in [0.2, 0.25) is 0 Å². The number of carbonyl (C=O) groups excluding carboxylic acids is 3. The third-order valence-electron chi connectivity index (χ3n) is 4.32.